The summed E-state index contributed by atoms with van der Waals surface area (Å²) >= 11 is 0. The number of nitrogens with two attached hydrogens (primary N) is 2. The molecule has 1 fully saturated rings. The maximum absolute atomic E-state index is 12.1. The van der Waals surface area contributed by atoms with Gasteiger partial charge in [0, 0.05) is 104 Å². The molecule has 0 saturated carbocycles. The van der Waals surface area contributed by atoms with Crippen LogP contribution in [-0.4, -0.2) is 161 Å². The molecule has 1 saturated heterocycles. The van der Waals surface area contributed by atoms with E-state index in [9.17, 15) is 19.2 Å². The van der Waals surface area contributed by atoms with Crippen molar-refractivity contribution in [2.75, 3.05) is 106 Å². The summed E-state index contributed by atoms with van der Waals surface area (Å²) in [7, 11) is 5.40. The number of likely N-dealkylation sites (N-methyl/N-ethyl adjacent to an activating group) is 1. The van der Waals surface area contributed by atoms with Crippen LogP contribution in [0.4, 0.5) is 0 Å². The van der Waals surface area contributed by atoms with Crippen molar-refractivity contribution in [3.05, 3.63) is 0 Å². The van der Waals surface area contributed by atoms with Crippen LogP contribution in [0.2, 0.25) is 0 Å². The minimum absolute atomic E-state index is 0.0433. The first-order valence-corrected chi connectivity index (χ1v) is 18.3. The van der Waals surface area contributed by atoms with Crippen LogP contribution in [-0.2, 0) is 42.9 Å². The van der Waals surface area contributed by atoms with Gasteiger partial charge >= 0.3 is 0 Å². The third-order valence-corrected chi connectivity index (χ3v) is 7.73. The highest BCUT2D eigenvalue weighted by Gasteiger charge is 2.48. The standard InChI is InChI=1S/C33H67N9O9/c1-36-18-10-28(45)41-16-6-22-49-32-31(48-21-5-15-40-27(44)9-13-35)30(47-20-4-14-39-26(43)8-12-34)25(24-38-3)51-33(32)50-23-7-17-42-29(46)11-19-37-2/h25,30-33,36-38H,4-24,34-35H2,1-3H3,(H,39,43)(H,40,44)(H,41,45)(H,42,46). The Balaban J connectivity index is 3.07. The van der Waals surface area contributed by atoms with E-state index in [-0.39, 0.29) is 56.2 Å². The maximum Gasteiger partial charge on any atom is 0.221 e. The fourth-order valence-corrected chi connectivity index (χ4v) is 5.10. The molecule has 5 atom stereocenters. The predicted molar refractivity (Wildman–Crippen MR) is 193 cm³/mol. The van der Waals surface area contributed by atoms with Gasteiger partial charge in [-0.3, -0.25) is 19.2 Å². The molecule has 51 heavy (non-hydrogen) atoms. The van der Waals surface area contributed by atoms with Gasteiger partial charge in [-0.15, -0.1) is 0 Å². The molecular weight excluding hydrogens is 666 g/mol. The van der Waals surface area contributed by atoms with E-state index in [0.717, 1.165) is 0 Å². The molecule has 0 aliphatic carbocycles. The van der Waals surface area contributed by atoms with E-state index in [1.165, 1.54) is 0 Å². The van der Waals surface area contributed by atoms with Gasteiger partial charge in [-0.25, -0.2) is 0 Å². The van der Waals surface area contributed by atoms with Gasteiger partial charge in [-0.1, -0.05) is 0 Å². The SMILES string of the molecule is CNCCC(=O)NCCCOC1OC(CNC)C(OCCCNC(=O)CCN)C(OCCCNC(=O)CCN)C1OCCCNC(=O)CCNC. The van der Waals surface area contributed by atoms with Crippen molar-refractivity contribution in [1.82, 2.24) is 37.2 Å². The molecule has 0 aromatic carbocycles. The van der Waals surface area contributed by atoms with Crippen LogP contribution < -0.4 is 48.7 Å². The average Bonchev–Trinajstić information content (AvgIpc) is 3.11. The van der Waals surface area contributed by atoms with Crippen molar-refractivity contribution < 1.29 is 42.9 Å². The lowest BCUT2D eigenvalue weighted by Gasteiger charge is -2.46. The minimum Gasteiger partial charge on any atom is -0.373 e. The van der Waals surface area contributed by atoms with Gasteiger partial charge in [0.15, 0.2) is 6.29 Å². The van der Waals surface area contributed by atoms with E-state index >= 15 is 0 Å². The highest BCUT2D eigenvalue weighted by Crippen LogP contribution is 2.29. The predicted octanol–water partition coefficient (Wildman–Crippen LogP) is -2.96. The first kappa shape index (κ1) is 46.5. The van der Waals surface area contributed by atoms with Crippen molar-refractivity contribution in [3.63, 3.8) is 0 Å². The van der Waals surface area contributed by atoms with Crippen LogP contribution in [0.25, 0.3) is 0 Å². The molecule has 0 aromatic heterocycles. The van der Waals surface area contributed by atoms with Gasteiger partial charge < -0.3 is 72.4 Å². The van der Waals surface area contributed by atoms with Gasteiger partial charge in [0.2, 0.25) is 23.6 Å². The number of carbonyl (C=O) groups is 4. The van der Waals surface area contributed by atoms with Crippen LogP contribution in [0.1, 0.15) is 51.4 Å². The first-order valence-electron chi connectivity index (χ1n) is 18.3. The summed E-state index contributed by atoms with van der Waals surface area (Å²) in [6, 6.07) is 0. The van der Waals surface area contributed by atoms with Gasteiger partial charge in [-0.2, -0.15) is 0 Å². The topological polar surface area (TPSA) is 251 Å². The molecule has 18 nitrogen and oxygen atoms in total. The number of hydrogen-bond acceptors (Lipinski definition) is 14. The maximum atomic E-state index is 12.1. The normalized spacial score (nSPS) is 20.1. The molecule has 298 valence electrons. The lowest BCUT2D eigenvalue weighted by Crippen LogP contribution is -2.63. The van der Waals surface area contributed by atoms with E-state index in [1.54, 1.807) is 14.1 Å². The fraction of sp³-hybridized carbons (Fsp3) is 0.879. The van der Waals surface area contributed by atoms with E-state index in [0.29, 0.717) is 104 Å². The molecule has 5 unspecified atom stereocenters. The lowest BCUT2D eigenvalue weighted by atomic mass is 9.97. The van der Waals surface area contributed by atoms with Crippen molar-refractivity contribution in [3.8, 4) is 0 Å². The molecule has 1 heterocycles. The lowest BCUT2D eigenvalue weighted by molar-refractivity contribution is -0.317. The largest absolute Gasteiger partial charge is 0.373 e. The van der Waals surface area contributed by atoms with E-state index in [2.05, 4.69) is 37.2 Å². The summed E-state index contributed by atoms with van der Waals surface area (Å²) < 4.78 is 32.0. The average molecular weight is 734 g/mol. The van der Waals surface area contributed by atoms with Crippen molar-refractivity contribution in [1.29, 1.82) is 0 Å². The van der Waals surface area contributed by atoms with Gasteiger partial charge in [0.05, 0.1) is 6.61 Å². The Kier molecular flexibility index (Phi) is 28.3. The number of amides is 4. The number of carbonyl (C=O) groups excluding carboxylic acids is 4. The first-order chi connectivity index (χ1) is 24.8. The molecule has 1 aliphatic rings. The zero-order valence-corrected chi connectivity index (χ0v) is 31.1. The zero-order chi connectivity index (χ0) is 37.5. The summed E-state index contributed by atoms with van der Waals surface area (Å²) in [4.78, 5) is 47.9. The van der Waals surface area contributed by atoms with E-state index in [4.69, 9.17) is 35.2 Å². The highest BCUT2D eigenvalue weighted by molar-refractivity contribution is 5.77. The number of nitrogens with one attached hydrogen (secondary N) is 7. The van der Waals surface area contributed by atoms with E-state index in [1.807, 2.05) is 7.05 Å². The Bertz CT molecular complexity index is 938. The van der Waals surface area contributed by atoms with Crippen molar-refractivity contribution >= 4 is 23.6 Å². The number of ether oxygens (including phenoxy) is 5. The summed E-state index contributed by atoms with van der Waals surface area (Å²) in [5.74, 6) is -0.330. The minimum atomic E-state index is -0.821. The fourth-order valence-electron chi connectivity index (χ4n) is 5.10. The molecular formula is C33H67N9O9. The Labute approximate surface area is 303 Å². The van der Waals surface area contributed by atoms with Crippen molar-refractivity contribution in [2.24, 2.45) is 11.5 Å². The van der Waals surface area contributed by atoms with Crippen LogP contribution >= 0.6 is 0 Å². The summed E-state index contributed by atoms with van der Waals surface area (Å²) in [5, 5.41) is 20.6. The molecule has 0 radical (unpaired) electrons. The highest BCUT2D eigenvalue weighted by atomic mass is 16.7. The molecule has 1 rings (SSSR count). The quantitative estimate of drug-likeness (QED) is 0.0314. The van der Waals surface area contributed by atoms with Crippen LogP contribution in [0.5, 0.6) is 0 Å². The Morgan fingerprint density at radius 3 is 1.31 bits per heavy atom. The Morgan fingerprint density at radius 2 is 0.902 bits per heavy atom. The molecule has 0 spiro atoms. The second-order valence-electron chi connectivity index (χ2n) is 12.1. The Hall–Kier alpha value is -2.52. The van der Waals surface area contributed by atoms with Crippen LogP contribution in [0.3, 0.4) is 0 Å². The second kappa shape index (κ2) is 31.0. The third kappa shape index (κ3) is 22.2. The summed E-state index contributed by atoms with van der Waals surface area (Å²) in [6.07, 6.45) is 0.261. The van der Waals surface area contributed by atoms with Gasteiger partial charge in [0.25, 0.3) is 0 Å². The zero-order valence-electron chi connectivity index (χ0n) is 31.1. The summed E-state index contributed by atoms with van der Waals surface area (Å²) in [5.41, 5.74) is 11.0. The molecule has 0 aromatic rings. The van der Waals surface area contributed by atoms with Crippen LogP contribution in [0.15, 0.2) is 0 Å². The van der Waals surface area contributed by atoms with Crippen LogP contribution in [0, 0.1) is 0 Å². The van der Waals surface area contributed by atoms with Crippen molar-refractivity contribution in [2.45, 2.75) is 82.1 Å². The second-order valence-corrected chi connectivity index (χ2v) is 12.1. The Morgan fingerprint density at radius 1 is 0.510 bits per heavy atom. The van der Waals surface area contributed by atoms with Gasteiger partial charge in [-0.05, 0) is 46.8 Å². The molecule has 0 bridgehead atoms. The smallest absolute Gasteiger partial charge is 0.221 e. The van der Waals surface area contributed by atoms with Gasteiger partial charge in [0.1, 0.15) is 24.4 Å². The molecule has 4 amide bonds. The molecule has 18 heteroatoms. The third-order valence-electron chi connectivity index (χ3n) is 7.73. The number of hydrogen-bond donors (Lipinski definition) is 9. The van der Waals surface area contributed by atoms with E-state index < -0.39 is 30.7 Å². The summed E-state index contributed by atoms with van der Waals surface area (Å²) in [6.45, 7) is 5.06. The molecule has 11 N–H and O–H groups in total. The molecule has 1 aliphatic heterocycles. The number of rotatable bonds is 32. The monoisotopic (exact) mass is 734 g/mol.